The highest BCUT2D eigenvalue weighted by molar-refractivity contribution is 5.89. The lowest BCUT2D eigenvalue weighted by Crippen LogP contribution is -2.04. The zero-order chi connectivity index (χ0) is 39.5. The van der Waals surface area contributed by atoms with Crippen LogP contribution < -0.4 is 18.9 Å². The van der Waals surface area contributed by atoms with E-state index < -0.39 is 17.9 Å². The normalized spacial score (nSPS) is 12.7. The van der Waals surface area contributed by atoms with Gasteiger partial charge in [-0.1, -0.05) is 56.5 Å². The maximum atomic E-state index is 12.7. The van der Waals surface area contributed by atoms with Crippen LogP contribution in [0.3, 0.4) is 0 Å². The third kappa shape index (κ3) is 12.5. The highest BCUT2D eigenvalue weighted by Crippen LogP contribution is 2.47. The Morgan fingerprint density at radius 3 is 1.61 bits per heavy atom. The minimum absolute atomic E-state index is 0.0451. The number of fused-ring (bicyclic) bond motifs is 3. The molecule has 0 saturated carbocycles. The van der Waals surface area contributed by atoms with Crippen molar-refractivity contribution in [3.05, 3.63) is 145 Å². The van der Waals surface area contributed by atoms with Crippen molar-refractivity contribution in [3.63, 3.8) is 0 Å². The summed E-state index contributed by atoms with van der Waals surface area (Å²) in [4.78, 5) is 34.8. The summed E-state index contributed by atoms with van der Waals surface area (Å²) in [7, 11) is 0. The van der Waals surface area contributed by atoms with Crippen LogP contribution in [0.1, 0.15) is 60.8 Å². The van der Waals surface area contributed by atoms with Gasteiger partial charge in [0.05, 0.1) is 32.7 Å². The van der Waals surface area contributed by atoms with E-state index in [9.17, 15) is 14.4 Å². The van der Waals surface area contributed by atoms with Gasteiger partial charge < -0.3 is 33.2 Å². The topological polar surface area (TPSA) is 116 Å². The molecule has 0 saturated heterocycles. The van der Waals surface area contributed by atoms with Gasteiger partial charge in [0, 0.05) is 24.1 Å². The summed E-state index contributed by atoms with van der Waals surface area (Å²) >= 11 is 0. The molecule has 5 rings (SSSR count). The van der Waals surface area contributed by atoms with Gasteiger partial charge >= 0.3 is 17.9 Å². The Bertz CT molecular complexity index is 2010. The SMILES string of the molecule is C=CC(=O)OCCCCOc1ccc(C=COCOc2ccc3c(c2)C(C)c2cc(OC(=O)C=Cc4ccc(OCCCCOC(=O)C=C)cc4)ccc2-3)cc1. The largest absolute Gasteiger partial charge is 0.494 e. The van der Waals surface area contributed by atoms with Gasteiger partial charge in [0.25, 0.3) is 0 Å². The monoisotopic (exact) mass is 758 g/mol. The van der Waals surface area contributed by atoms with Crippen LogP contribution in [0.25, 0.3) is 23.3 Å². The molecule has 0 radical (unpaired) electrons. The summed E-state index contributed by atoms with van der Waals surface area (Å²) < 4.78 is 38.5. The van der Waals surface area contributed by atoms with Crippen molar-refractivity contribution in [1.29, 1.82) is 0 Å². The standard InChI is InChI=1S/C46H46O10/c1-4-44(47)53-27-8-6-25-51-36-15-10-34(11-16-36)14-23-46(49)56-39-20-22-41-40-21-19-38(30-42(40)33(3)43(41)31-39)55-32-50-29-24-35-12-17-37(18-13-35)52-26-7-9-28-54-45(48)5-2/h4-5,10-24,29-31,33H,1-2,6-9,25-28,32H2,3H3. The highest BCUT2D eigenvalue weighted by Gasteiger charge is 2.26. The van der Waals surface area contributed by atoms with E-state index in [1.165, 1.54) is 6.08 Å². The fraction of sp³-hybridized carbons (Fsp3) is 0.239. The van der Waals surface area contributed by atoms with Crippen LogP contribution in [0, 0.1) is 0 Å². The molecule has 1 atom stereocenters. The van der Waals surface area contributed by atoms with Crippen molar-refractivity contribution >= 4 is 30.1 Å². The van der Waals surface area contributed by atoms with Gasteiger partial charge in [-0.2, -0.15) is 0 Å². The second-order valence-corrected chi connectivity index (χ2v) is 12.7. The van der Waals surface area contributed by atoms with Gasteiger partial charge in [-0.15, -0.1) is 0 Å². The second kappa shape index (κ2) is 21.4. The quantitative estimate of drug-likeness (QED) is 0.0192. The number of ether oxygens (including phenoxy) is 7. The van der Waals surface area contributed by atoms with Crippen molar-refractivity contribution in [2.24, 2.45) is 0 Å². The van der Waals surface area contributed by atoms with E-state index in [1.54, 1.807) is 12.3 Å². The van der Waals surface area contributed by atoms with Gasteiger partial charge in [0.1, 0.15) is 23.0 Å². The average Bonchev–Trinajstić information content (AvgIpc) is 3.49. The van der Waals surface area contributed by atoms with Gasteiger partial charge in [0.2, 0.25) is 6.79 Å². The third-order valence-electron chi connectivity index (χ3n) is 8.75. The van der Waals surface area contributed by atoms with Crippen LogP contribution in [0.2, 0.25) is 0 Å². The van der Waals surface area contributed by atoms with Crippen molar-refractivity contribution in [2.45, 2.75) is 38.5 Å². The smallest absolute Gasteiger partial charge is 0.336 e. The molecule has 0 amide bonds. The number of hydrogen-bond acceptors (Lipinski definition) is 10. The Morgan fingerprint density at radius 2 is 1.05 bits per heavy atom. The first-order valence-electron chi connectivity index (χ1n) is 18.5. The highest BCUT2D eigenvalue weighted by atomic mass is 16.7. The Morgan fingerprint density at radius 1 is 0.571 bits per heavy atom. The minimum atomic E-state index is -0.477. The molecule has 1 aliphatic rings. The fourth-order valence-corrected chi connectivity index (χ4v) is 5.79. The summed E-state index contributed by atoms with van der Waals surface area (Å²) in [5.74, 6) is 1.39. The van der Waals surface area contributed by atoms with Crippen LogP contribution in [-0.2, 0) is 28.6 Å². The number of rotatable bonds is 22. The first kappa shape index (κ1) is 40.6. The van der Waals surface area contributed by atoms with E-state index in [-0.39, 0.29) is 12.7 Å². The van der Waals surface area contributed by atoms with E-state index in [2.05, 4.69) is 20.1 Å². The molecule has 0 spiro atoms. The first-order chi connectivity index (χ1) is 27.3. The molecule has 290 valence electrons. The molecular weight excluding hydrogens is 712 g/mol. The summed E-state index contributed by atoms with van der Waals surface area (Å²) in [5, 5.41) is 0. The Labute approximate surface area is 327 Å². The van der Waals surface area contributed by atoms with Crippen LogP contribution in [0.15, 0.2) is 123 Å². The molecule has 0 N–H and O–H groups in total. The number of carbonyl (C=O) groups excluding carboxylic acids is 3. The van der Waals surface area contributed by atoms with Crippen molar-refractivity contribution in [3.8, 4) is 34.1 Å². The molecule has 1 unspecified atom stereocenters. The second-order valence-electron chi connectivity index (χ2n) is 12.7. The lowest BCUT2D eigenvalue weighted by atomic mass is 9.99. The van der Waals surface area contributed by atoms with Gasteiger partial charge in [-0.25, -0.2) is 14.4 Å². The Hall–Kier alpha value is -6.55. The zero-order valence-corrected chi connectivity index (χ0v) is 31.5. The molecule has 4 aromatic carbocycles. The molecule has 0 fully saturated rings. The van der Waals surface area contributed by atoms with Crippen molar-refractivity contribution < 1.29 is 47.5 Å². The maximum Gasteiger partial charge on any atom is 0.336 e. The summed E-state index contributed by atoms with van der Waals surface area (Å²) in [5.41, 5.74) is 6.18. The fourth-order valence-electron chi connectivity index (χ4n) is 5.79. The van der Waals surface area contributed by atoms with Crippen molar-refractivity contribution in [1.82, 2.24) is 0 Å². The lowest BCUT2D eigenvalue weighted by molar-refractivity contribution is -0.138. The van der Waals surface area contributed by atoms with Gasteiger partial charge in [-0.05, 0) is 120 Å². The summed E-state index contributed by atoms with van der Waals surface area (Å²) in [6, 6.07) is 26.7. The molecule has 0 aromatic heterocycles. The Kier molecular flexibility index (Phi) is 15.5. The molecular formula is C46H46O10. The number of hydrogen-bond donors (Lipinski definition) is 0. The van der Waals surface area contributed by atoms with Crippen LogP contribution in [0.4, 0.5) is 0 Å². The predicted octanol–water partition coefficient (Wildman–Crippen LogP) is 9.24. The van der Waals surface area contributed by atoms with Crippen LogP contribution >= 0.6 is 0 Å². The van der Waals surface area contributed by atoms with Gasteiger partial charge in [0.15, 0.2) is 0 Å². The minimum Gasteiger partial charge on any atom is -0.494 e. The molecule has 0 bridgehead atoms. The van der Waals surface area contributed by atoms with E-state index >= 15 is 0 Å². The molecule has 56 heavy (non-hydrogen) atoms. The third-order valence-corrected chi connectivity index (χ3v) is 8.75. The van der Waals surface area contributed by atoms with E-state index in [4.69, 9.17) is 33.2 Å². The van der Waals surface area contributed by atoms with Crippen molar-refractivity contribution in [2.75, 3.05) is 33.2 Å². The zero-order valence-electron chi connectivity index (χ0n) is 31.5. The number of carbonyl (C=O) groups is 3. The average molecular weight is 759 g/mol. The van der Waals surface area contributed by atoms with Crippen LogP contribution in [-0.4, -0.2) is 51.1 Å². The molecule has 4 aromatic rings. The number of benzene rings is 4. The molecule has 0 aliphatic heterocycles. The van der Waals surface area contributed by atoms with E-state index in [1.807, 2.05) is 91.0 Å². The lowest BCUT2D eigenvalue weighted by Gasteiger charge is -2.10. The number of unbranched alkanes of at least 4 members (excludes halogenated alkanes) is 2. The van der Waals surface area contributed by atoms with E-state index in [0.717, 1.165) is 70.5 Å². The predicted molar refractivity (Wildman–Crippen MR) is 214 cm³/mol. The Balaban J connectivity index is 1.02. The molecule has 10 nitrogen and oxygen atoms in total. The molecule has 10 heteroatoms. The van der Waals surface area contributed by atoms with E-state index in [0.29, 0.717) is 50.1 Å². The molecule has 1 aliphatic carbocycles. The molecule has 0 heterocycles. The van der Waals surface area contributed by atoms with Crippen LogP contribution in [0.5, 0.6) is 23.0 Å². The maximum absolute atomic E-state index is 12.7. The first-order valence-corrected chi connectivity index (χ1v) is 18.5. The number of esters is 3. The summed E-state index contributed by atoms with van der Waals surface area (Å²) in [6.45, 7) is 10.6. The van der Waals surface area contributed by atoms with Gasteiger partial charge in [-0.3, -0.25) is 0 Å². The summed E-state index contributed by atoms with van der Waals surface area (Å²) in [6.07, 6.45) is 11.8.